The molecule has 2 aromatic heterocycles. The topological polar surface area (TPSA) is 82.2 Å². The number of piperazine rings is 1. The maximum Gasteiger partial charge on any atom is 0.132 e. The van der Waals surface area contributed by atoms with Crippen molar-refractivity contribution in [3.8, 4) is 17.1 Å². The number of nitrogens with one attached hydrogen (secondary N) is 2. The summed E-state index contributed by atoms with van der Waals surface area (Å²) in [7, 11) is 0. The van der Waals surface area contributed by atoms with Crippen molar-refractivity contribution in [2.75, 3.05) is 44.2 Å². The Labute approximate surface area is 211 Å². The first-order valence-corrected chi connectivity index (χ1v) is 13.3. The molecule has 0 amide bonds. The van der Waals surface area contributed by atoms with E-state index in [1.807, 2.05) is 18.2 Å². The first-order valence-electron chi connectivity index (χ1n) is 13.3. The second-order valence-corrected chi connectivity index (χ2v) is 11.1. The Morgan fingerprint density at radius 1 is 1.11 bits per heavy atom. The minimum Gasteiger partial charge on any atom is -0.488 e. The lowest BCUT2D eigenvalue weighted by Gasteiger charge is -2.41. The largest absolute Gasteiger partial charge is 0.488 e. The molecule has 2 saturated heterocycles. The summed E-state index contributed by atoms with van der Waals surface area (Å²) in [5.41, 5.74) is 1.54. The van der Waals surface area contributed by atoms with Crippen LogP contribution in [0.3, 0.4) is 0 Å². The molecule has 8 nitrogen and oxygen atoms in total. The summed E-state index contributed by atoms with van der Waals surface area (Å²) in [4.78, 5) is 13.9. The number of piperidine rings is 1. The molecule has 36 heavy (non-hydrogen) atoms. The molecule has 1 aliphatic carbocycles. The van der Waals surface area contributed by atoms with Crippen molar-refractivity contribution in [3.63, 3.8) is 0 Å². The zero-order valence-corrected chi connectivity index (χ0v) is 21.3. The molecule has 4 heterocycles. The van der Waals surface area contributed by atoms with Crippen LogP contribution in [0.5, 0.6) is 5.75 Å². The number of nitrogens with zero attached hydrogens (tertiary/aromatic N) is 5. The van der Waals surface area contributed by atoms with Crippen LogP contribution < -0.4 is 15.0 Å². The Morgan fingerprint density at radius 2 is 1.94 bits per heavy atom. The predicted octanol–water partition coefficient (Wildman–Crippen LogP) is 3.94. The third kappa shape index (κ3) is 4.91. The Hall–Kier alpha value is -2.78. The monoisotopic (exact) mass is 493 g/mol. The highest BCUT2D eigenvalue weighted by Crippen LogP contribution is 2.40. The Balaban J connectivity index is 1.14. The van der Waals surface area contributed by atoms with Gasteiger partial charge in [-0.3, -0.25) is 10.00 Å². The number of anilines is 1. The molecule has 2 aliphatic heterocycles. The van der Waals surface area contributed by atoms with Crippen LogP contribution in [0.25, 0.3) is 22.3 Å². The number of rotatable bonds is 7. The van der Waals surface area contributed by atoms with Gasteiger partial charge >= 0.3 is 0 Å². The van der Waals surface area contributed by atoms with Gasteiger partial charge in [0.25, 0.3) is 0 Å². The number of fused-ring (bicyclic) bond motifs is 1. The summed E-state index contributed by atoms with van der Waals surface area (Å²) < 4.78 is 21.3. The normalized spacial score (nSPS) is 23.6. The molecule has 3 aliphatic rings. The van der Waals surface area contributed by atoms with Crippen LogP contribution in [-0.4, -0.2) is 81.6 Å². The highest BCUT2D eigenvalue weighted by Gasteiger charge is 2.40. The van der Waals surface area contributed by atoms with Gasteiger partial charge in [0.05, 0.1) is 16.9 Å². The van der Waals surface area contributed by atoms with Crippen molar-refractivity contribution in [3.05, 3.63) is 30.6 Å². The van der Waals surface area contributed by atoms with Crippen LogP contribution in [0, 0.1) is 0 Å². The SMILES string of the molecule is C[C@H]1CN(c2cc(-c3[nH]nc4ccc(OC5(C)CC5)cc34)ncn2)CCN1CCC1(F)CCNCC1. The molecule has 1 aromatic carbocycles. The van der Waals surface area contributed by atoms with Gasteiger partial charge in [0.1, 0.15) is 29.2 Å². The van der Waals surface area contributed by atoms with Crippen LogP contribution in [0.15, 0.2) is 30.6 Å². The quantitative estimate of drug-likeness (QED) is 0.516. The van der Waals surface area contributed by atoms with E-state index in [0.717, 1.165) is 86.0 Å². The zero-order chi connectivity index (χ0) is 24.8. The molecule has 9 heteroatoms. The average Bonchev–Trinajstić information content (AvgIpc) is 3.45. The molecule has 0 radical (unpaired) electrons. The molecular weight excluding hydrogens is 457 g/mol. The lowest BCUT2D eigenvalue weighted by Crippen LogP contribution is -2.53. The lowest BCUT2D eigenvalue weighted by molar-refractivity contribution is 0.0758. The van der Waals surface area contributed by atoms with E-state index in [1.54, 1.807) is 6.33 Å². The standard InChI is InChI=1S/C27H36FN7O/c1-19-17-35(14-13-34(19)12-9-27(28)7-10-29-11-8-27)24-16-23(30-18-31-24)25-21-15-20(36-26(2)5-6-26)3-4-22(21)32-33-25/h3-4,15-16,18-19,29H,5-14,17H2,1-2H3,(H,32,33)/t19-/m0/s1. The molecule has 2 N–H and O–H groups in total. The van der Waals surface area contributed by atoms with Crippen molar-refractivity contribution in [1.82, 2.24) is 30.4 Å². The van der Waals surface area contributed by atoms with E-state index >= 15 is 4.39 Å². The molecule has 6 rings (SSSR count). The predicted molar refractivity (Wildman–Crippen MR) is 139 cm³/mol. The highest BCUT2D eigenvalue weighted by molar-refractivity contribution is 5.93. The van der Waals surface area contributed by atoms with E-state index in [-0.39, 0.29) is 5.60 Å². The summed E-state index contributed by atoms with van der Waals surface area (Å²) >= 11 is 0. The highest BCUT2D eigenvalue weighted by atomic mass is 19.1. The van der Waals surface area contributed by atoms with Crippen molar-refractivity contribution in [2.45, 2.75) is 63.3 Å². The first kappa shape index (κ1) is 23.6. The van der Waals surface area contributed by atoms with Gasteiger partial charge in [-0.25, -0.2) is 14.4 Å². The van der Waals surface area contributed by atoms with Crippen LogP contribution in [0.1, 0.15) is 46.0 Å². The molecule has 0 bridgehead atoms. The van der Waals surface area contributed by atoms with Crippen molar-refractivity contribution in [1.29, 1.82) is 0 Å². The number of H-pyrrole nitrogens is 1. The molecule has 1 saturated carbocycles. The molecule has 192 valence electrons. The van der Waals surface area contributed by atoms with E-state index < -0.39 is 5.67 Å². The number of halogens is 1. The van der Waals surface area contributed by atoms with Crippen molar-refractivity contribution >= 4 is 16.7 Å². The third-order valence-corrected chi connectivity index (χ3v) is 8.19. The number of alkyl halides is 1. The fourth-order valence-corrected chi connectivity index (χ4v) is 5.47. The van der Waals surface area contributed by atoms with Gasteiger partial charge in [0.2, 0.25) is 0 Å². The fourth-order valence-electron chi connectivity index (χ4n) is 5.47. The van der Waals surface area contributed by atoms with Gasteiger partial charge in [-0.15, -0.1) is 0 Å². The van der Waals surface area contributed by atoms with Crippen LogP contribution in [0.4, 0.5) is 10.2 Å². The van der Waals surface area contributed by atoms with Crippen molar-refractivity contribution in [2.24, 2.45) is 0 Å². The van der Waals surface area contributed by atoms with Crippen molar-refractivity contribution < 1.29 is 9.13 Å². The summed E-state index contributed by atoms with van der Waals surface area (Å²) in [5.74, 6) is 1.77. The van der Waals surface area contributed by atoms with Gasteiger partial charge in [0.15, 0.2) is 0 Å². The number of hydrogen-bond donors (Lipinski definition) is 2. The molecule has 0 spiro atoms. The second kappa shape index (κ2) is 9.27. The fraction of sp³-hybridized carbons (Fsp3) is 0.593. The van der Waals surface area contributed by atoms with E-state index in [2.05, 4.69) is 55.2 Å². The summed E-state index contributed by atoms with van der Waals surface area (Å²) in [5, 5.41) is 11.9. The van der Waals surface area contributed by atoms with Gasteiger partial charge in [0, 0.05) is 43.7 Å². The maximum atomic E-state index is 15.1. The zero-order valence-electron chi connectivity index (χ0n) is 21.3. The van der Waals surface area contributed by atoms with Gasteiger partial charge in [-0.2, -0.15) is 5.10 Å². The minimum atomic E-state index is -1.02. The summed E-state index contributed by atoms with van der Waals surface area (Å²) in [6.07, 6.45) is 5.69. The maximum absolute atomic E-state index is 15.1. The molecule has 0 unspecified atom stereocenters. The van der Waals surface area contributed by atoms with Crippen LogP contribution in [0.2, 0.25) is 0 Å². The Morgan fingerprint density at radius 3 is 2.72 bits per heavy atom. The smallest absolute Gasteiger partial charge is 0.132 e. The van der Waals surface area contributed by atoms with Gasteiger partial charge < -0.3 is 15.0 Å². The van der Waals surface area contributed by atoms with E-state index in [9.17, 15) is 0 Å². The van der Waals surface area contributed by atoms with E-state index in [4.69, 9.17) is 4.74 Å². The molecule has 3 aromatic rings. The van der Waals surface area contributed by atoms with Crippen LogP contribution in [-0.2, 0) is 0 Å². The number of benzene rings is 1. The number of ether oxygens (including phenoxy) is 1. The molecular formula is C27H36FN7O. The minimum absolute atomic E-state index is 0.0309. The Kier molecular flexibility index (Phi) is 6.08. The summed E-state index contributed by atoms with van der Waals surface area (Å²) in [6.45, 7) is 9.38. The molecule has 1 atom stereocenters. The molecule has 3 fully saturated rings. The number of aromatic nitrogens is 4. The van der Waals surface area contributed by atoms with E-state index in [0.29, 0.717) is 25.3 Å². The summed E-state index contributed by atoms with van der Waals surface area (Å²) in [6, 6.07) is 8.40. The average molecular weight is 494 g/mol. The Bertz CT molecular complexity index is 1220. The third-order valence-electron chi connectivity index (χ3n) is 8.19. The van der Waals surface area contributed by atoms with Crippen LogP contribution >= 0.6 is 0 Å². The number of hydrogen-bond acceptors (Lipinski definition) is 7. The lowest BCUT2D eigenvalue weighted by atomic mass is 9.90. The van der Waals surface area contributed by atoms with Gasteiger partial charge in [-0.05, 0) is 77.2 Å². The van der Waals surface area contributed by atoms with Gasteiger partial charge in [-0.1, -0.05) is 0 Å². The second-order valence-electron chi connectivity index (χ2n) is 11.1. The number of aromatic amines is 1. The first-order chi connectivity index (χ1) is 17.4. The van der Waals surface area contributed by atoms with E-state index in [1.165, 1.54) is 0 Å².